The molecule has 0 aliphatic carbocycles. The summed E-state index contributed by atoms with van der Waals surface area (Å²) < 4.78 is 29.1. The molecular weight excluding hydrogens is 442 g/mol. The Balaban J connectivity index is 1.80. The highest BCUT2D eigenvalue weighted by molar-refractivity contribution is 7.90. The average molecular weight is 468 g/mol. The lowest BCUT2D eigenvalue weighted by Gasteiger charge is -2.40. The van der Waals surface area contributed by atoms with Crippen LogP contribution in [0.2, 0.25) is 0 Å². The Labute approximate surface area is 192 Å². The lowest BCUT2D eigenvalue weighted by atomic mass is 10.0. The molecule has 2 N–H and O–H groups in total. The van der Waals surface area contributed by atoms with Crippen molar-refractivity contribution in [2.24, 2.45) is 5.73 Å². The largest absolute Gasteiger partial charge is 0.455 e. The summed E-state index contributed by atoms with van der Waals surface area (Å²) in [6.07, 6.45) is 1.16. The molecule has 0 saturated heterocycles. The third-order valence-electron chi connectivity index (χ3n) is 5.69. The zero-order valence-corrected chi connectivity index (χ0v) is 19.4. The van der Waals surface area contributed by atoms with E-state index in [0.717, 1.165) is 17.4 Å². The average Bonchev–Trinajstić information content (AvgIpc) is 3.26. The van der Waals surface area contributed by atoms with Crippen molar-refractivity contribution in [2.75, 3.05) is 22.6 Å². The number of rotatable bonds is 4. The minimum atomic E-state index is -3.31. The van der Waals surface area contributed by atoms with E-state index in [2.05, 4.69) is 0 Å². The van der Waals surface area contributed by atoms with Gasteiger partial charge in [-0.05, 0) is 54.4 Å². The summed E-state index contributed by atoms with van der Waals surface area (Å²) in [7, 11) is -3.31. The van der Waals surface area contributed by atoms with Gasteiger partial charge in [0, 0.05) is 19.7 Å². The predicted molar refractivity (Wildman–Crippen MR) is 126 cm³/mol. The Morgan fingerprint density at radius 1 is 1.03 bits per heavy atom. The van der Waals surface area contributed by atoms with Crippen LogP contribution in [0.25, 0.3) is 11.1 Å². The van der Waals surface area contributed by atoms with Crippen LogP contribution in [0.4, 0.5) is 11.4 Å². The first kappa shape index (κ1) is 22.8. The highest BCUT2D eigenvalue weighted by Crippen LogP contribution is 2.39. The van der Waals surface area contributed by atoms with Gasteiger partial charge in [-0.2, -0.15) is 0 Å². The molecule has 8 nitrogen and oxygen atoms in total. The molecule has 0 spiro atoms. The highest BCUT2D eigenvalue weighted by Gasteiger charge is 2.35. The van der Waals surface area contributed by atoms with Crippen LogP contribution in [0.1, 0.15) is 30.2 Å². The van der Waals surface area contributed by atoms with Gasteiger partial charge in [0.05, 0.1) is 28.9 Å². The molecule has 0 radical (unpaired) electrons. The van der Waals surface area contributed by atoms with Crippen molar-refractivity contribution in [1.82, 2.24) is 0 Å². The summed E-state index contributed by atoms with van der Waals surface area (Å²) in [5.41, 5.74) is 8.38. The molecule has 0 fully saturated rings. The second kappa shape index (κ2) is 8.49. The molecule has 1 aliphatic rings. The van der Waals surface area contributed by atoms with Crippen LogP contribution in [0.5, 0.6) is 0 Å². The molecule has 33 heavy (non-hydrogen) atoms. The SMILES string of the molecule is CC(=O)N1c2ccc(-c3ccc(S(C)(=O)=O)cc3)cc2N(C(=O)c2ccc(CN)o2)C[C@@H]1C. The maximum atomic E-state index is 13.3. The van der Waals surface area contributed by atoms with Gasteiger partial charge in [0.2, 0.25) is 5.91 Å². The molecule has 2 amide bonds. The van der Waals surface area contributed by atoms with Gasteiger partial charge in [0.1, 0.15) is 5.76 Å². The predicted octanol–water partition coefficient (Wildman–Crippen LogP) is 3.21. The first-order valence-electron chi connectivity index (χ1n) is 10.4. The van der Waals surface area contributed by atoms with Crippen LogP contribution in [0.15, 0.2) is 63.9 Å². The minimum Gasteiger partial charge on any atom is -0.455 e. The van der Waals surface area contributed by atoms with Gasteiger partial charge in [-0.3, -0.25) is 9.59 Å². The van der Waals surface area contributed by atoms with Gasteiger partial charge in [0.15, 0.2) is 15.6 Å². The van der Waals surface area contributed by atoms with Crippen molar-refractivity contribution in [3.63, 3.8) is 0 Å². The highest BCUT2D eigenvalue weighted by atomic mass is 32.2. The Hall–Kier alpha value is -3.43. The fourth-order valence-electron chi connectivity index (χ4n) is 4.11. The van der Waals surface area contributed by atoms with E-state index in [0.29, 0.717) is 23.7 Å². The van der Waals surface area contributed by atoms with E-state index in [4.69, 9.17) is 10.2 Å². The normalized spacial score (nSPS) is 15.9. The number of amides is 2. The number of carbonyl (C=O) groups is 2. The van der Waals surface area contributed by atoms with Crippen molar-refractivity contribution in [1.29, 1.82) is 0 Å². The zero-order valence-electron chi connectivity index (χ0n) is 18.6. The van der Waals surface area contributed by atoms with E-state index < -0.39 is 9.84 Å². The molecule has 1 atom stereocenters. The van der Waals surface area contributed by atoms with Crippen molar-refractivity contribution >= 4 is 33.0 Å². The number of furan rings is 1. The second-order valence-electron chi connectivity index (χ2n) is 8.12. The lowest BCUT2D eigenvalue weighted by molar-refractivity contribution is -0.117. The molecule has 2 aromatic carbocycles. The van der Waals surface area contributed by atoms with Gasteiger partial charge in [-0.1, -0.05) is 18.2 Å². The Morgan fingerprint density at radius 3 is 2.27 bits per heavy atom. The maximum absolute atomic E-state index is 13.3. The van der Waals surface area contributed by atoms with E-state index in [1.165, 1.54) is 6.92 Å². The van der Waals surface area contributed by atoms with E-state index in [1.54, 1.807) is 52.3 Å². The monoisotopic (exact) mass is 467 g/mol. The van der Waals surface area contributed by atoms with Crippen LogP contribution in [-0.4, -0.2) is 39.1 Å². The van der Waals surface area contributed by atoms with Gasteiger partial charge in [-0.15, -0.1) is 0 Å². The summed E-state index contributed by atoms with van der Waals surface area (Å²) >= 11 is 0. The number of hydrogen-bond donors (Lipinski definition) is 1. The summed E-state index contributed by atoms with van der Waals surface area (Å²) in [5, 5.41) is 0. The maximum Gasteiger partial charge on any atom is 0.294 e. The number of fused-ring (bicyclic) bond motifs is 1. The molecule has 172 valence electrons. The third kappa shape index (κ3) is 4.29. The quantitative estimate of drug-likeness (QED) is 0.630. The van der Waals surface area contributed by atoms with E-state index in [9.17, 15) is 18.0 Å². The smallest absolute Gasteiger partial charge is 0.294 e. The summed E-state index contributed by atoms with van der Waals surface area (Å²) in [5.74, 6) is 0.238. The molecule has 0 saturated carbocycles. The molecule has 3 aromatic rings. The fourth-order valence-corrected chi connectivity index (χ4v) is 4.74. The van der Waals surface area contributed by atoms with Crippen LogP contribution in [-0.2, 0) is 21.2 Å². The molecule has 0 unspecified atom stereocenters. The van der Waals surface area contributed by atoms with Crippen LogP contribution in [0, 0.1) is 0 Å². The Bertz CT molecular complexity index is 1330. The third-order valence-corrected chi connectivity index (χ3v) is 6.82. The fraction of sp³-hybridized carbons (Fsp3) is 0.250. The summed E-state index contributed by atoms with van der Waals surface area (Å²) in [6, 6.07) is 15.1. The number of sulfone groups is 1. The summed E-state index contributed by atoms with van der Waals surface area (Å²) in [6.45, 7) is 3.86. The molecule has 1 aromatic heterocycles. The molecule has 0 bridgehead atoms. The van der Waals surface area contributed by atoms with Gasteiger partial charge in [-0.25, -0.2) is 8.42 Å². The van der Waals surface area contributed by atoms with E-state index in [-0.39, 0.29) is 35.1 Å². The van der Waals surface area contributed by atoms with E-state index in [1.807, 2.05) is 19.1 Å². The topological polar surface area (TPSA) is 114 Å². The van der Waals surface area contributed by atoms with Crippen molar-refractivity contribution < 1.29 is 22.4 Å². The van der Waals surface area contributed by atoms with Crippen molar-refractivity contribution in [2.45, 2.75) is 31.3 Å². The summed E-state index contributed by atoms with van der Waals surface area (Å²) in [4.78, 5) is 29.2. The van der Waals surface area contributed by atoms with Crippen LogP contribution in [0.3, 0.4) is 0 Å². The first-order valence-corrected chi connectivity index (χ1v) is 12.3. The van der Waals surface area contributed by atoms with Crippen LogP contribution < -0.4 is 15.5 Å². The number of hydrogen-bond acceptors (Lipinski definition) is 6. The standard InChI is InChI=1S/C24H25N3O5S/c1-15-14-26(24(29)23-11-7-19(13-25)32-23)22-12-18(6-10-21(22)27(15)16(2)28)17-4-8-20(9-5-17)33(3,30)31/h4-12,15H,13-14,25H2,1-3H3/t15-/m0/s1. The van der Waals surface area contributed by atoms with Gasteiger partial charge < -0.3 is 20.0 Å². The second-order valence-corrected chi connectivity index (χ2v) is 10.1. The number of nitrogens with two attached hydrogens (primary N) is 1. The Kier molecular flexibility index (Phi) is 5.85. The van der Waals surface area contributed by atoms with Crippen LogP contribution >= 0.6 is 0 Å². The molecule has 9 heteroatoms. The lowest BCUT2D eigenvalue weighted by Crippen LogP contribution is -2.51. The van der Waals surface area contributed by atoms with Gasteiger partial charge >= 0.3 is 0 Å². The Morgan fingerprint density at radius 2 is 1.70 bits per heavy atom. The molecule has 4 rings (SSSR count). The minimum absolute atomic E-state index is 0.121. The molecular formula is C24H25N3O5S. The first-order chi connectivity index (χ1) is 15.6. The molecule has 2 heterocycles. The van der Waals surface area contributed by atoms with E-state index >= 15 is 0 Å². The number of benzene rings is 2. The van der Waals surface area contributed by atoms with Gasteiger partial charge in [0.25, 0.3) is 5.91 Å². The number of anilines is 2. The number of carbonyl (C=O) groups excluding carboxylic acids is 2. The van der Waals surface area contributed by atoms with Crippen molar-refractivity contribution in [3.05, 3.63) is 66.1 Å². The molecule has 1 aliphatic heterocycles. The van der Waals surface area contributed by atoms with Crippen molar-refractivity contribution in [3.8, 4) is 11.1 Å². The zero-order chi connectivity index (χ0) is 23.9. The number of nitrogens with zero attached hydrogens (tertiary/aromatic N) is 2.